The number of nitrogens with zero attached hydrogens (tertiary/aromatic N) is 2. The lowest BCUT2D eigenvalue weighted by molar-refractivity contribution is -0.138. The van der Waals surface area contributed by atoms with Crippen molar-refractivity contribution in [2.45, 2.75) is 40.2 Å². The lowest BCUT2D eigenvalue weighted by Gasteiger charge is -2.41. The first-order valence-electron chi connectivity index (χ1n) is 7.48. The Hall–Kier alpha value is -0.610. The van der Waals surface area contributed by atoms with Gasteiger partial charge < -0.3 is 14.5 Å². The molecule has 0 aromatic heterocycles. The zero-order chi connectivity index (χ0) is 14.4. The summed E-state index contributed by atoms with van der Waals surface area (Å²) in [6.07, 6.45) is 0.910. The van der Waals surface area contributed by atoms with E-state index in [1.165, 1.54) is 0 Å². The summed E-state index contributed by atoms with van der Waals surface area (Å²) in [7, 11) is 2.05. The summed E-state index contributed by atoms with van der Waals surface area (Å²) in [6, 6.07) is 0. The quantitative estimate of drug-likeness (QED) is 0.675. The third-order valence-electron chi connectivity index (χ3n) is 3.84. The number of likely N-dealkylation sites (N-methyl/N-ethyl adjacent to an activating group) is 1. The fourth-order valence-corrected chi connectivity index (χ4v) is 2.14. The summed E-state index contributed by atoms with van der Waals surface area (Å²) in [4.78, 5) is 16.1. The minimum absolute atomic E-state index is 0.282. The van der Waals surface area contributed by atoms with Crippen LogP contribution in [0, 0.1) is 11.8 Å². The molecule has 1 amide bonds. The van der Waals surface area contributed by atoms with Crippen LogP contribution in [0.2, 0.25) is 0 Å². The fraction of sp³-hybridized carbons (Fsp3) is 0.933. The van der Waals surface area contributed by atoms with Gasteiger partial charge in [0.05, 0.1) is 12.7 Å². The molecule has 1 heterocycles. The fourth-order valence-electron chi connectivity index (χ4n) is 2.14. The Labute approximate surface area is 118 Å². The Kier molecular flexibility index (Phi) is 6.80. The molecule has 1 saturated heterocycles. The van der Waals surface area contributed by atoms with Gasteiger partial charge in [0.1, 0.15) is 0 Å². The molecule has 0 saturated carbocycles. The summed E-state index contributed by atoms with van der Waals surface area (Å²) in [5.41, 5.74) is 0. The topological polar surface area (TPSA) is 32.8 Å². The Bertz CT molecular complexity index is 273. The number of carbonyl (C=O) groups excluding carboxylic acids is 1. The Balaban J connectivity index is 2.07. The van der Waals surface area contributed by atoms with E-state index in [-0.39, 0.29) is 6.10 Å². The number of amides is 1. The van der Waals surface area contributed by atoms with E-state index in [1.54, 1.807) is 0 Å². The Morgan fingerprint density at radius 2 is 1.89 bits per heavy atom. The minimum atomic E-state index is 0.282. The molecule has 0 bridgehead atoms. The Morgan fingerprint density at radius 3 is 2.42 bits per heavy atom. The van der Waals surface area contributed by atoms with Crippen LogP contribution in [0.4, 0.5) is 0 Å². The van der Waals surface area contributed by atoms with Crippen LogP contribution >= 0.6 is 0 Å². The van der Waals surface area contributed by atoms with E-state index in [9.17, 15) is 4.79 Å². The van der Waals surface area contributed by atoms with Crippen LogP contribution in [0.3, 0.4) is 0 Å². The van der Waals surface area contributed by atoms with Crippen LogP contribution in [-0.4, -0.2) is 61.6 Å². The predicted molar refractivity (Wildman–Crippen MR) is 78.1 cm³/mol. The van der Waals surface area contributed by atoms with Crippen molar-refractivity contribution in [3.8, 4) is 0 Å². The lowest BCUT2D eigenvalue weighted by Crippen LogP contribution is -2.52. The lowest BCUT2D eigenvalue weighted by atomic mass is 9.88. The van der Waals surface area contributed by atoms with Gasteiger partial charge in [0.2, 0.25) is 5.91 Å². The first-order chi connectivity index (χ1) is 8.90. The van der Waals surface area contributed by atoms with Crippen LogP contribution in [0.5, 0.6) is 0 Å². The van der Waals surface area contributed by atoms with E-state index in [4.69, 9.17) is 4.74 Å². The van der Waals surface area contributed by atoms with Gasteiger partial charge in [0, 0.05) is 32.6 Å². The summed E-state index contributed by atoms with van der Waals surface area (Å²) in [6.45, 7) is 12.9. The standard InChI is InChI=1S/C15H30N2O2/c1-12(2)14-10-17(11-14)15(18)6-7-16(5)8-9-19-13(3)4/h12-14H,6-11H2,1-5H3. The van der Waals surface area contributed by atoms with E-state index in [2.05, 4.69) is 18.7 Å². The summed E-state index contributed by atoms with van der Waals surface area (Å²) >= 11 is 0. The van der Waals surface area contributed by atoms with Gasteiger partial charge in [0.25, 0.3) is 0 Å². The van der Waals surface area contributed by atoms with Gasteiger partial charge in [-0.05, 0) is 32.7 Å². The number of likely N-dealkylation sites (tertiary alicyclic amines) is 1. The first kappa shape index (κ1) is 16.4. The molecule has 0 aromatic carbocycles. The van der Waals surface area contributed by atoms with Gasteiger partial charge in [-0.3, -0.25) is 4.79 Å². The molecule has 0 atom stereocenters. The first-order valence-corrected chi connectivity index (χ1v) is 7.48. The van der Waals surface area contributed by atoms with Crippen molar-refractivity contribution < 1.29 is 9.53 Å². The highest BCUT2D eigenvalue weighted by Gasteiger charge is 2.31. The normalized spacial score (nSPS) is 16.5. The molecular formula is C15H30N2O2. The zero-order valence-corrected chi connectivity index (χ0v) is 13.2. The average Bonchev–Trinajstić information content (AvgIpc) is 2.23. The van der Waals surface area contributed by atoms with Crippen molar-refractivity contribution in [1.82, 2.24) is 9.80 Å². The third-order valence-corrected chi connectivity index (χ3v) is 3.84. The highest BCUT2D eigenvalue weighted by atomic mass is 16.5. The maximum Gasteiger partial charge on any atom is 0.223 e. The molecule has 1 fully saturated rings. The molecule has 0 aromatic rings. The van der Waals surface area contributed by atoms with Crippen LogP contribution in [-0.2, 0) is 9.53 Å². The van der Waals surface area contributed by atoms with E-state index in [0.717, 1.165) is 32.8 Å². The molecule has 0 aliphatic carbocycles. The van der Waals surface area contributed by atoms with Gasteiger partial charge in [-0.25, -0.2) is 0 Å². The van der Waals surface area contributed by atoms with Crippen LogP contribution < -0.4 is 0 Å². The van der Waals surface area contributed by atoms with Crippen molar-refractivity contribution >= 4 is 5.91 Å². The van der Waals surface area contributed by atoms with E-state index in [1.807, 2.05) is 25.8 Å². The maximum absolute atomic E-state index is 11.9. The van der Waals surface area contributed by atoms with Crippen LogP contribution in [0.25, 0.3) is 0 Å². The monoisotopic (exact) mass is 270 g/mol. The Morgan fingerprint density at radius 1 is 1.26 bits per heavy atom. The van der Waals surface area contributed by atoms with Crippen molar-refractivity contribution in [2.75, 3.05) is 39.8 Å². The second-order valence-corrected chi connectivity index (χ2v) is 6.28. The number of ether oxygens (including phenoxy) is 1. The predicted octanol–water partition coefficient (Wildman–Crippen LogP) is 1.85. The van der Waals surface area contributed by atoms with Crippen LogP contribution in [0.1, 0.15) is 34.1 Å². The third kappa shape index (κ3) is 5.91. The molecule has 0 radical (unpaired) electrons. The van der Waals surface area contributed by atoms with Gasteiger partial charge >= 0.3 is 0 Å². The van der Waals surface area contributed by atoms with Crippen molar-refractivity contribution in [3.63, 3.8) is 0 Å². The molecule has 112 valence electrons. The molecule has 0 spiro atoms. The summed E-state index contributed by atoms with van der Waals surface area (Å²) in [5, 5.41) is 0. The second kappa shape index (κ2) is 7.85. The molecule has 1 aliphatic rings. The maximum atomic E-state index is 11.9. The smallest absolute Gasteiger partial charge is 0.223 e. The second-order valence-electron chi connectivity index (χ2n) is 6.28. The van der Waals surface area contributed by atoms with Gasteiger partial charge in [0.15, 0.2) is 0 Å². The van der Waals surface area contributed by atoms with Crippen molar-refractivity contribution in [1.29, 1.82) is 0 Å². The highest BCUT2D eigenvalue weighted by Crippen LogP contribution is 2.23. The molecular weight excluding hydrogens is 240 g/mol. The molecule has 4 heteroatoms. The number of rotatable bonds is 8. The highest BCUT2D eigenvalue weighted by molar-refractivity contribution is 5.77. The van der Waals surface area contributed by atoms with Gasteiger partial charge in [-0.1, -0.05) is 13.8 Å². The molecule has 1 aliphatic heterocycles. The zero-order valence-electron chi connectivity index (χ0n) is 13.2. The van der Waals surface area contributed by atoms with Gasteiger partial charge in [-0.15, -0.1) is 0 Å². The molecule has 1 rings (SSSR count). The molecule has 19 heavy (non-hydrogen) atoms. The number of hydrogen-bond acceptors (Lipinski definition) is 3. The summed E-state index contributed by atoms with van der Waals surface area (Å²) < 4.78 is 5.50. The minimum Gasteiger partial charge on any atom is -0.377 e. The molecule has 4 nitrogen and oxygen atoms in total. The SMILES string of the molecule is CC(C)OCCN(C)CCC(=O)N1CC(C(C)C)C1. The molecule has 0 unspecified atom stereocenters. The van der Waals surface area contributed by atoms with E-state index < -0.39 is 0 Å². The average molecular weight is 270 g/mol. The van der Waals surface area contributed by atoms with Gasteiger partial charge in [-0.2, -0.15) is 0 Å². The van der Waals surface area contributed by atoms with Crippen LogP contribution in [0.15, 0.2) is 0 Å². The van der Waals surface area contributed by atoms with Crippen molar-refractivity contribution in [2.24, 2.45) is 11.8 Å². The number of carbonyl (C=O) groups is 1. The van der Waals surface area contributed by atoms with Crippen molar-refractivity contribution in [3.05, 3.63) is 0 Å². The largest absolute Gasteiger partial charge is 0.377 e. The van der Waals surface area contributed by atoms with E-state index >= 15 is 0 Å². The van der Waals surface area contributed by atoms with E-state index in [0.29, 0.717) is 24.2 Å². The summed E-state index contributed by atoms with van der Waals surface area (Å²) in [5.74, 6) is 1.70. The number of hydrogen-bond donors (Lipinski definition) is 0. The molecule has 0 N–H and O–H groups in total.